The fraction of sp³-hybridized carbons (Fsp3) is 0.429. The Morgan fingerprint density at radius 3 is 2.47 bits per heavy atom. The van der Waals surface area contributed by atoms with Gasteiger partial charge in [-0.15, -0.1) is 0 Å². The fourth-order valence-corrected chi connectivity index (χ4v) is 5.50. The predicted octanol–water partition coefficient (Wildman–Crippen LogP) is 5.00. The van der Waals surface area contributed by atoms with E-state index in [1.807, 2.05) is 13.0 Å². The second-order valence-electron chi connectivity index (χ2n) is 9.80. The number of rotatable bonds is 9. The number of nitrogens with one attached hydrogen (secondary N) is 1. The fourth-order valence-electron chi connectivity index (χ4n) is 4.62. The summed E-state index contributed by atoms with van der Waals surface area (Å²) in [6.45, 7) is 3.31. The molecule has 3 aromatic rings. The van der Waals surface area contributed by atoms with Crippen molar-refractivity contribution in [3.05, 3.63) is 65.4 Å². The summed E-state index contributed by atoms with van der Waals surface area (Å²) < 4.78 is 57.0. The molecule has 2 aromatic carbocycles. The highest BCUT2D eigenvalue weighted by Gasteiger charge is 2.35. The quantitative estimate of drug-likeness (QED) is 0.391. The van der Waals surface area contributed by atoms with Gasteiger partial charge in [0.1, 0.15) is 0 Å². The van der Waals surface area contributed by atoms with Gasteiger partial charge in [-0.2, -0.15) is 0 Å². The number of pyridine rings is 1. The van der Waals surface area contributed by atoms with Crippen molar-refractivity contribution in [3.8, 4) is 5.88 Å². The van der Waals surface area contributed by atoms with Crippen LogP contribution in [0, 0.1) is 12.8 Å². The molecule has 4 rings (SSSR count). The number of nitrogens with zero attached hydrogens (tertiary/aromatic N) is 1. The van der Waals surface area contributed by atoms with E-state index in [9.17, 15) is 27.1 Å². The lowest BCUT2D eigenvalue weighted by Gasteiger charge is -2.28. The number of hydrogen-bond donors (Lipinski definition) is 2. The average molecular weight is 547 g/mol. The Balaban J connectivity index is 1.48. The van der Waals surface area contributed by atoms with Crippen LogP contribution in [0.1, 0.15) is 60.3 Å². The minimum atomic E-state index is -3.35. The lowest BCUT2D eigenvalue weighted by atomic mass is 9.87. The summed E-state index contributed by atoms with van der Waals surface area (Å²) in [5, 5.41) is 14.1. The van der Waals surface area contributed by atoms with E-state index in [1.54, 1.807) is 37.3 Å². The van der Waals surface area contributed by atoms with Crippen LogP contribution in [-0.4, -0.2) is 49.3 Å². The summed E-state index contributed by atoms with van der Waals surface area (Å²) >= 11 is 0. The van der Waals surface area contributed by atoms with Crippen LogP contribution >= 0.6 is 0 Å². The maximum Gasteiger partial charge on any atom is 0.251 e. The first kappa shape index (κ1) is 27.9. The molecule has 1 saturated carbocycles. The zero-order valence-electron chi connectivity index (χ0n) is 21.4. The van der Waals surface area contributed by atoms with Crippen molar-refractivity contribution >= 4 is 26.5 Å². The van der Waals surface area contributed by atoms with Gasteiger partial charge in [0, 0.05) is 29.5 Å². The van der Waals surface area contributed by atoms with Crippen molar-refractivity contribution in [1.82, 2.24) is 10.3 Å². The third-order valence-corrected chi connectivity index (χ3v) is 8.74. The van der Waals surface area contributed by atoms with Crippen LogP contribution in [0.3, 0.4) is 0 Å². The van der Waals surface area contributed by atoms with E-state index >= 15 is 0 Å². The van der Waals surface area contributed by atoms with Crippen LogP contribution < -0.4 is 10.1 Å². The van der Waals surface area contributed by atoms with E-state index in [0.717, 1.165) is 5.39 Å². The number of ether oxygens (including phenoxy) is 1. The van der Waals surface area contributed by atoms with Crippen LogP contribution in [0.5, 0.6) is 5.88 Å². The predicted molar refractivity (Wildman–Crippen MR) is 140 cm³/mol. The summed E-state index contributed by atoms with van der Waals surface area (Å²) in [5.41, 5.74) is 1.63. The number of aryl methyl sites for hydroxylation is 1. The molecule has 0 saturated heterocycles. The number of carbonyl (C=O) groups is 1. The minimum absolute atomic E-state index is 0.0181. The van der Waals surface area contributed by atoms with Gasteiger partial charge in [-0.3, -0.25) is 4.79 Å². The highest BCUT2D eigenvalue weighted by atomic mass is 32.2. The van der Waals surface area contributed by atoms with Gasteiger partial charge in [0.05, 0.1) is 29.9 Å². The number of aliphatic hydroxyl groups excluding tert-OH is 1. The molecule has 0 aliphatic heterocycles. The lowest BCUT2D eigenvalue weighted by Crippen LogP contribution is -2.30. The van der Waals surface area contributed by atoms with Gasteiger partial charge in [-0.1, -0.05) is 19.1 Å². The van der Waals surface area contributed by atoms with Crippen LogP contribution in [0.15, 0.2) is 53.4 Å². The Morgan fingerprint density at radius 2 is 1.84 bits per heavy atom. The number of hydrogen-bond acceptors (Lipinski definition) is 6. The molecule has 1 aliphatic carbocycles. The first-order valence-corrected chi connectivity index (χ1v) is 14.3. The smallest absolute Gasteiger partial charge is 0.251 e. The molecule has 1 aliphatic rings. The van der Waals surface area contributed by atoms with E-state index in [0.29, 0.717) is 47.5 Å². The van der Waals surface area contributed by atoms with Gasteiger partial charge >= 0.3 is 0 Å². The monoisotopic (exact) mass is 546 g/mol. The van der Waals surface area contributed by atoms with Crippen LogP contribution in [0.25, 0.3) is 10.8 Å². The molecule has 1 fully saturated rings. The second kappa shape index (κ2) is 11.3. The van der Waals surface area contributed by atoms with Crippen LogP contribution in [0.2, 0.25) is 0 Å². The number of amides is 1. The Hall–Kier alpha value is -3.11. The van der Waals surface area contributed by atoms with E-state index in [1.165, 1.54) is 12.1 Å². The molecule has 10 heteroatoms. The molecule has 1 amide bonds. The molecule has 0 bridgehead atoms. The highest BCUT2D eigenvalue weighted by Crippen LogP contribution is 2.36. The summed E-state index contributed by atoms with van der Waals surface area (Å²) in [6.07, 6.45) is 0.561. The third-order valence-electron chi connectivity index (χ3n) is 6.99. The zero-order chi connectivity index (χ0) is 27.5. The maximum absolute atomic E-state index is 13.5. The minimum Gasteiger partial charge on any atom is -0.477 e. The van der Waals surface area contributed by atoms with Crippen LogP contribution in [0.4, 0.5) is 8.78 Å². The molecule has 204 valence electrons. The number of aliphatic hydroxyl groups is 1. The molecule has 2 N–H and O–H groups in total. The Labute approximate surface area is 221 Å². The SMILES string of the molecule is CCS(=O)(=O)c1ccc(C(CO)NC(=O)c2ccc3c(OCC4CCC(F)(F)CC4)nc(C)cc3c2)cc1. The van der Waals surface area contributed by atoms with Gasteiger partial charge < -0.3 is 15.2 Å². The molecule has 1 unspecified atom stereocenters. The molecule has 1 aromatic heterocycles. The van der Waals surface area contributed by atoms with Crippen LogP contribution in [-0.2, 0) is 9.84 Å². The van der Waals surface area contributed by atoms with E-state index < -0.39 is 27.7 Å². The number of alkyl halides is 2. The number of carbonyl (C=O) groups excluding carboxylic acids is 1. The molecular weight excluding hydrogens is 514 g/mol. The van der Waals surface area contributed by atoms with Crippen molar-refractivity contribution in [2.75, 3.05) is 19.0 Å². The Morgan fingerprint density at radius 1 is 1.16 bits per heavy atom. The van der Waals surface area contributed by atoms with E-state index in [-0.39, 0.29) is 36.0 Å². The Kier molecular flexibility index (Phi) is 8.32. The number of halogens is 2. The van der Waals surface area contributed by atoms with Gasteiger partial charge in [-0.25, -0.2) is 22.2 Å². The van der Waals surface area contributed by atoms with E-state index in [2.05, 4.69) is 10.3 Å². The molecule has 7 nitrogen and oxygen atoms in total. The van der Waals surface area contributed by atoms with Crippen molar-refractivity contribution in [2.45, 2.75) is 56.4 Å². The van der Waals surface area contributed by atoms with Gasteiger partial charge in [0.15, 0.2) is 9.84 Å². The third kappa shape index (κ3) is 6.47. The molecule has 0 radical (unpaired) electrons. The van der Waals surface area contributed by atoms with Gasteiger partial charge in [0.25, 0.3) is 5.91 Å². The summed E-state index contributed by atoms with van der Waals surface area (Å²) in [7, 11) is -3.35. The molecule has 1 atom stereocenters. The second-order valence-corrected chi connectivity index (χ2v) is 12.1. The summed E-state index contributed by atoms with van der Waals surface area (Å²) in [4.78, 5) is 17.7. The van der Waals surface area contributed by atoms with Crippen molar-refractivity contribution in [3.63, 3.8) is 0 Å². The first-order valence-electron chi connectivity index (χ1n) is 12.7. The molecular formula is C28H32F2N2O5S. The van der Waals surface area contributed by atoms with E-state index in [4.69, 9.17) is 4.74 Å². The zero-order valence-corrected chi connectivity index (χ0v) is 22.2. The van der Waals surface area contributed by atoms with Crippen molar-refractivity contribution in [2.24, 2.45) is 5.92 Å². The molecule has 1 heterocycles. The lowest BCUT2D eigenvalue weighted by molar-refractivity contribution is -0.0499. The Bertz CT molecular complexity index is 1400. The summed E-state index contributed by atoms with van der Waals surface area (Å²) in [6, 6.07) is 12.3. The number of benzene rings is 2. The maximum atomic E-state index is 13.5. The number of aromatic nitrogens is 1. The number of fused-ring (bicyclic) bond motifs is 1. The highest BCUT2D eigenvalue weighted by molar-refractivity contribution is 7.91. The number of sulfone groups is 1. The normalized spacial score (nSPS) is 16.8. The molecule has 0 spiro atoms. The molecule has 38 heavy (non-hydrogen) atoms. The topological polar surface area (TPSA) is 106 Å². The standard InChI is InChI=1S/C28H32F2N2O5S/c1-3-38(35,36)23-7-4-20(5-8-23)25(16-33)32-26(34)21-6-9-24-22(15-21)14-18(2)31-27(24)37-17-19-10-12-28(29,30)13-11-19/h4-9,14-15,19,25,33H,3,10-13,16-17H2,1-2H3,(H,32,34). The van der Waals surface area contributed by atoms with Crippen molar-refractivity contribution in [1.29, 1.82) is 0 Å². The largest absolute Gasteiger partial charge is 0.477 e. The van der Waals surface area contributed by atoms with Gasteiger partial charge in [-0.05, 0) is 73.0 Å². The van der Waals surface area contributed by atoms with Crippen molar-refractivity contribution < 1.29 is 31.8 Å². The first-order chi connectivity index (χ1) is 18.0. The summed E-state index contributed by atoms with van der Waals surface area (Å²) in [5.74, 6) is -2.56. The van der Waals surface area contributed by atoms with Gasteiger partial charge in [0.2, 0.25) is 11.8 Å². The average Bonchev–Trinajstić information content (AvgIpc) is 2.90.